The maximum atomic E-state index is 13.0. The van der Waals surface area contributed by atoms with Crippen molar-refractivity contribution >= 4 is 15.9 Å². The molecule has 10 heteroatoms. The maximum Gasteiger partial charge on any atom is 0.249 e. The second-order valence-corrected chi connectivity index (χ2v) is 9.30. The summed E-state index contributed by atoms with van der Waals surface area (Å²) in [5.74, 6) is 1.34. The van der Waals surface area contributed by atoms with Gasteiger partial charge in [-0.15, -0.1) is 0 Å². The van der Waals surface area contributed by atoms with E-state index in [2.05, 4.69) is 4.98 Å². The standard InChI is InChI=1S/C20H28N4O5S/c1-15-11-17(28-4)12-16(2)20(15)30(26,27)22(3)9-10-29-14-19(25)24-8-7-23-6-5-21-18(23)13-24/h5-6,11-12H,7-10,13-14H2,1-4H3. The Morgan fingerprint density at radius 2 is 1.93 bits per heavy atom. The molecule has 164 valence electrons. The normalized spacial score (nSPS) is 14.1. The van der Waals surface area contributed by atoms with E-state index in [1.807, 2.05) is 10.8 Å². The number of methoxy groups -OCH3 is 1. The molecule has 1 aromatic carbocycles. The van der Waals surface area contributed by atoms with Crippen molar-refractivity contribution in [3.05, 3.63) is 41.5 Å². The molecule has 1 aliphatic heterocycles. The third-order valence-electron chi connectivity index (χ3n) is 5.21. The number of fused-ring (bicyclic) bond motifs is 1. The van der Waals surface area contributed by atoms with Crippen LogP contribution in [0.4, 0.5) is 0 Å². The van der Waals surface area contributed by atoms with Gasteiger partial charge in [0.1, 0.15) is 18.2 Å². The minimum atomic E-state index is -3.68. The minimum absolute atomic E-state index is 0.0881. The zero-order chi connectivity index (χ0) is 21.9. The summed E-state index contributed by atoms with van der Waals surface area (Å²) in [6.45, 7) is 5.45. The number of benzene rings is 1. The molecule has 0 fully saturated rings. The molecule has 0 bridgehead atoms. The number of aryl methyl sites for hydroxylation is 2. The number of imidazole rings is 1. The number of aromatic nitrogens is 2. The lowest BCUT2D eigenvalue weighted by atomic mass is 10.1. The van der Waals surface area contributed by atoms with Crippen LogP contribution in [0.3, 0.4) is 0 Å². The van der Waals surface area contributed by atoms with E-state index in [0.717, 1.165) is 5.82 Å². The third-order valence-corrected chi connectivity index (χ3v) is 7.37. The number of ether oxygens (including phenoxy) is 2. The summed E-state index contributed by atoms with van der Waals surface area (Å²) < 4.78 is 39.9. The highest BCUT2D eigenvalue weighted by atomic mass is 32.2. The zero-order valence-corrected chi connectivity index (χ0v) is 18.6. The third kappa shape index (κ3) is 4.66. The fourth-order valence-electron chi connectivity index (χ4n) is 3.54. The Bertz CT molecular complexity index is 995. The molecule has 0 aliphatic carbocycles. The molecule has 0 unspecified atom stereocenters. The molecule has 0 saturated carbocycles. The van der Waals surface area contributed by atoms with Crippen LogP contribution in [0.5, 0.6) is 5.75 Å². The smallest absolute Gasteiger partial charge is 0.249 e. The van der Waals surface area contributed by atoms with Crippen LogP contribution in [0.25, 0.3) is 0 Å². The van der Waals surface area contributed by atoms with Gasteiger partial charge in [0.25, 0.3) is 0 Å². The van der Waals surface area contributed by atoms with Gasteiger partial charge in [-0.3, -0.25) is 4.79 Å². The van der Waals surface area contributed by atoms with Gasteiger partial charge in [0.05, 0.1) is 25.2 Å². The van der Waals surface area contributed by atoms with Gasteiger partial charge in [0.15, 0.2) is 0 Å². The molecule has 0 saturated heterocycles. The number of rotatable bonds is 8. The molecular weight excluding hydrogens is 408 g/mol. The van der Waals surface area contributed by atoms with Gasteiger partial charge in [-0.1, -0.05) is 0 Å². The average Bonchev–Trinajstić information content (AvgIpc) is 3.17. The van der Waals surface area contributed by atoms with Crippen molar-refractivity contribution in [2.45, 2.75) is 31.8 Å². The number of nitrogens with zero attached hydrogens (tertiary/aromatic N) is 4. The van der Waals surface area contributed by atoms with Crippen molar-refractivity contribution in [3.8, 4) is 5.75 Å². The predicted octanol–water partition coefficient (Wildman–Crippen LogP) is 1.19. The van der Waals surface area contributed by atoms with Gasteiger partial charge in [0, 0.05) is 39.1 Å². The molecular formula is C20H28N4O5S. The predicted molar refractivity (Wildman–Crippen MR) is 111 cm³/mol. The Morgan fingerprint density at radius 3 is 2.60 bits per heavy atom. The Kier molecular flexibility index (Phi) is 6.79. The number of amides is 1. The van der Waals surface area contributed by atoms with Crippen LogP contribution < -0.4 is 4.74 Å². The molecule has 1 aromatic heterocycles. The lowest BCUT2D eigenvalue weighted by molar-refractivity contribution is -0.137. The number of carbonyl (C=O) groups is 1. The molecule has 2 heterocycles. The van der Waals surface area contributed by atoms with Gasteiger partial charge < -0.3 is 18.9 Å². The number of hydrogen-bond donors (Lipinski definition) is 0. The largest absolute Gasteiger partial charge is 0.497 e. The first-order valence-electron chi connectivity index (χ1n) is 9.71. The Balaban J connectivity index is 1.52. The van der Waals surface area contributed by atoms with Gasteiger partial charge in [-0.2, -0.15) is 4.31 Å². The first-order chi connectivity index (χ1) is 14.2. The summed E-state index contributed by atoms with van der Waals surface area (Å²) in [6.07, 6.45) is 3.62. The topological polar surface area (TPSA) is 94.0 Å². The Morgan fingerprint density at radius 1 is 1.23 bits per heavy atom. The van der Waals surface area contributed by atoms with E-state index in [1.54, 1.807) is 44.2 Å². The van der Waals surface area contributed by atoms with E-state index in [0.29, 0.717) is 36.5 Å². The summed E-state index contributed by atoms with van der Waals surface area (Å²) in [6, 6.07) is 3.40. The summed E-state index contributed by atoms with van der Waals surface area (Å²) in [5.41, 5.74) is 1.25. The average molecular weight is 437 g/mol. The lowest BCUT2D eigenvalue weighted by Crippen LogP contribution is -2.40. The van der Waals surface area contributed by atoms with Gasteiger partial charge in [0.2, 0.25) is 15.9 Å². The van der Waals surface area contributed by atoms with E-state index in [9.17, 15) is 13.2 Å². The fraction of sp³-hybridized carbons (Fsp3) is 0.500. The SMILES string of the molecule is COc1cc(C)c(S(=O)(=O)N(C)CCOCC(=O)N2CCn3ccnc3C2)c(C)c1. The van der Waals surface area contributed by atoms with E-state index in [1.165, 1.54) is 11.4 Å². The number of sulfonamides is 1. The molecule has 30 heavy (non-hydrogen) atoms. The van der Waals surface area contributed by atoms with Crippen LogP contribution >= 0.6 is 0 Å². The molecule has 9 nitrogen and oxygen atoms in total. The Hall–Kier alpha value is -2.43. The number of likely N-dealkylation sites (N-methyl/N-ethyl adjacent to an activating group) is 1. The van der Waals surface area contributed by atoms with Crippen LogP contribution in [0, 0.1) is 13.8 Å². The van der Waals surface area contributed by atoms with Gasteiger partial charge >= 0.3 is 0 Å². The summed E-state index contributed by atoms with van der Waals surface area (Å²) in [7, 11) is -0.627. The second kappa shape index (κ2) is 9.15. The fourth-order valence-corrected chi connectivity index (χ4v) is 5.10. The van der Waals surface area contributed by atoms with E-state index in [4.69, 9.17) is 9.47 Å². The highest BCUT2D eigenvalue weighted by molar-refractivity contribution is 7.89. The van der Waals surface area contributed by atoms with Crippen LogP contribution in [0.2, 0.25) is 0 Å². The van der Waals surface area contributed by atoms with Crippen LogP contribution in [-0.4, -0.2) is 73.5 Å². The molecule has 2 aromatic rings. The number of hydrogen-bond acceptors (Lipinski definition) is 6. The molecule has 3 rings (SSSR count). The maximum absolute atomic E-state index is 13.0. The second-order valence-electron chi connectivity index (χ2n) is 7.32. The van der Waals surface area contributed by atoms with Crippen LogP contribution in [0.1, 0.15) is 17.0 Å². The van der Waals surface area contributed by atoms with E-state index in [-0.39, 0.29) is 30.6 Å². The molecule has 0 atom stereocenters. The highest BCUT2D eigenvalue weighted by Crippen LogP contribution is 2.27. The number of carbonyl (C=O) groups excluding carboxylic acids is 1. The van der Waals surface area contributed by atoms with Crippen molar-refractivity contribution < 1.29 is 22.7 Å². The van der Waals surface area contributed by atoms with Crippen molar-refractivity contribution in [3.63, 3.8) is 0 Å². The monoisotopic (exact) mass is 436 g/mol. The molecule has 1 aliphatic rings. The van der Waals surface area contributed by atoms with Crippen molar-refractivity contribution in [2.75, 3.05) is 40.5 Å². The quantitative estimate of drug-likeness (QED) is 0.577. The summed E-state index contributed by atoms with van der Waals surface area (Å²) in [5, 5.41) is 0. The summed E-state index contributed by atoms with van der Waals surface area (Å²) >= 11 is 0. The van der Waals surface area contributed by atoms with Crippen LogP contribution in [0.15, 0.2) is 29.4 Å². The first-order valence-corrected chi connectivity index (χ1v) is 11.1. The van der Waals surface area contributed by atoms with Gasteiger partial charge in [-0.25, -0.2) is 13.4 Å². The van der Waals surface area contributed by atoms with Crippen molar-refractivity contribution in [1.82, 2.24) is 18.8 Å². The highest BCUT2D eigenvalue weighted by Gasteiger charge is 2.26. The molecule has 0 spiro atoms. The molecule has 0 radical (unpaired) electrons. The van der Waals surface area contributed by atoms with Crippen molar-refractivity contribution in [1.29, 1.82) is 0 Å². The van der Waals surface area contributed by atoms with Crippen LogP contribution in [-0.2, 0) is 32.6 Å². The van der Waals surface area contributed by atoms with Gasteiger partial charge in [-0.05, 0) is 37.1 Å². The van der Waals surface area contributed by atoms with E-state index >= 15 is 0 Å². The minimum Gasteiger partial charge on any atom is -0.497 e. The Labute approximate surface area is 177 Å². The summed E-state index contributed by atoms with van der Waals surface area (Å²) in [4.78, 5) is 18.6. The molecule has 1 amide bonds. The molecule has 0 N–H and O–H groups in total. The van der Waals surface area contributed by atoms with Crippen molar-refractivity contribution in [2.24, 2.45) is 0 Å². The first kappa shape index (κ1) is 22.3. The zero-order valence-electron chi connectivity index (χ0n) is 17.8. The lowest BCUT2D eigenvalue weighted by Gasteiger charge is -2.27. The van der Waals surface area contributed by atoms with E-state index < -0.39 is 10.0 Å².